The van der Waals surface area contributed by atoms with Crippen LogP contribution in [0.15, 0.2) is 109 Å². The van der Waals surface area contributed by atoms with Crippen molar-refractivity contribution in [3.63, 3.8) is 0 Å². The molecule has 36 heavy (non-hydrogen) atoms. The van der Waals surface area contributed by atoms with Crippen LogP contribution in [0.25, 0.3) is 22.2 Å². The molecule has 1 saturated heterocycles. The predicted molar refractivity (Wildman–Crippen MR) is 145 cm³/mol. The molecule has 0 radical (unpaired) electrons. The fourth-order valence-corrected chi connectivity index (χ4v) is 5.08. The van der Waals surface area contributed by atoms with Crippen LogP contribution in [0.2, 0.25) is 0 Å². The lowest BCUT2D eigenvalue weighted by molar-refractivity contribution is 0.212. The summed E-state index contributed by atoms with van der Waals surface area (Å²) in [5, 5.41) is 9.61. The molecule has 1 aliphatic rings. The third-order valence-electron chi connectivity index (χ3n) is 6.96. The van der Waals surface area contributed by atoms with Crippen LogP contribution in [-0.4, -0.2) is 46.2 Å². The Bertz CT molecular complexity index is 1410. The van der Waals surface area contributed by atoms with E-state index in [9.17, 15) is 5.11 Å². The van der Waals surface area contributed by atoms with Gasteiger partial charge in [-0.3, -0.25) is 9.88 Å². The number of aromatic hydroxyl groups is 1. The Labute approximate surface area is 211 Å². The molecule has 1 aromatic heterocycles. The molecule has 0 saturated carbocycles. The minimum atomic E-state index is 0.241. The number of phenolic OH excluding ortho intramolecular Hbond substituents is 1. The topological polar surface area (TPSA) is 52.5 Å². The molecule has 1 aliphatic heterocycles. The summed E-state index contributed by atoms with van der Waals surface area (Å²) in [6.45, 7) is 3.69. The van der Waals surface area contributed by atoms with E-state index in [0.717, 1.165) is 54.2 Å². The monoisotopic (exact) mass is 472 g/mol. The zero-order valence-electron chi connectivity index (χ0n) is 20.0. The number of hydrogen-bond acceptors (Lipinski definition) is 5. The normalized spacial score (nSPS) is 14.4. The first-order valence-corrected chi connectivity index (χ1v) is 12.4. The summed E-state index contributed by atoms with van der Waals surface area (Å²) in [6, 6.07) is 35.2. The number of phenols is 1. The van der Waals surface area contributed by atoms with E-state index in [1.54, 1.807) is 12.1 Å². The standard InChI is InChI=1S/C31H28N4O/c36-27-14-11-23(12-15-27)26-13-16-28-29(21-26)33-30(22-32-28)34-17-19-35(20-18-34)31(24-7-3-1-4-8-24)25-9-5-2-6-10-25/h1-16,21-22,31,36H,17-20H2. The third-order valence-corrected chi connectivity index (χ3v) is 6.96. The van der Waals surface area contributed by atoms with Gasteiger partial charge >= 0.3 is 0 Å². The van der Waals surface area contributed by atoms with Crippen LogP contribution in [0.5, 0.6) is 5.75 Å². The van der Waals surface area contributed by atoms with Gasteiger partial charge in [0.2, 0.25) is 0 Å². The largest absolute Gasteiger partial charge is 0.508 e. The van der Waals surface area contributed by atoms with Gasteiger partial charge in [0.25, 0.3) is 0 Å². The van der Waals surface area contributed by atoms with E-state index in [4.69, 9.17) is 9.97 Å². The summed E-state index contributed by atoms with van der Waals surface area (Å²) in [7, 11) is 0. The van der Waals surface area contributed by atoms with E-state index in [2.05, 4.69) is 82.6 Å². The van der Waals surface area contributed by atoms with Gasteiger partial charge in [0, 0.05) is 26.2 Å². The number of anilines is 1. The summed E-state index contributed by atoms with van der Waals surface area (Å²) in [5.41, 5.74) is 6.52. The van der Waals surface area contributed by atoms with Crippen molar-refractivity contribution in [2.75, 3.05) is 31.1 Å². The average molecular weight is 473 g/mol. The van der Waals surface area contributed by atoms with Crippen LogP contribution in [-0.2, 0) is 0 Å². The van der Waals surface area contributed by atoms with Crippen molar-refractivity contribution < 1.29 is 5.11 Å². The molecule has 5 nitrogen and oxygen atoms in total. The number of nitrogens with zero attached hydrogens (tertiary/aromatic N) is 4. The molecule has 0 unspecified atom stereocenters. The maximum Gasteiger partial charge on any atom is 0.147 e. The van der Waals surface area contributed by atoms with Crippen LogP contribution >= 0.6 is 0 Å². The summed E-state index contributed by atoms with van der Waals surface area (Å²) in [6.07, 6.45) is 1.89. The molecule has 1 fully saturated rings. The zero-order chi connectivity index (χ0) is 24.3. The zero-order valence-corrected chi connectivity index (χ0v) is 20.0. The van der Waals surface area contributed by atoms with Crippen molar-refractivity contribution in [2.24, 2.45) is 0 Å². The summed E-state index contributed by atoms with van der Waals surface area (Å²) < 4.78 is 0. The molecule has 6 rings (SSSR count). The highest BCUT2D eigenvalue weighted by molar-refractivity contribution is 5.82. The molecular formula is C31H28N4O. The maximum absolute atomic E-state index is 9.61. The molecule has 0 amide bonds. The van der Waals surface area contributed by atoms with Gasteiger partial charge in [-0.1, -0.05) is 78.9 Å². The Morgan fingerprint density at radius 3 is 1.89 bits per heavy atom. The van der Waals surface area contributed by atoms with Crippen molar-refractivity contribution in [3.05, 3.63) is 120 Å². The number of rotatable bonds is 5. The summed E-state index contributed by atoms with van der Waals surface area (Å²) >= 11 is 0. The molecule has 1 N–H and O–H groups in total. The van der Waals surface area contributed by atoms with Gasteiger partial charge in [-0.25, -0.2) is 4.98 Å². The van der Waals surface area contributed by atoms with Crippen molar-refractivity contribution in [1.82, 2.24) is 14.9 Å². The second-order valence-electron chi connectivity index (χ2n) is 9.23. The first-order chi connectivity index (χ1) is 17.7. The highest BCUT2D eigenvalue weighted by atomic mass is 16.3. The number of piperazine rings is 1. The third kappa shape index (κ3) is 4.53. The van der Waals surface area contributed by atoms with Gasteiger partial charge in [0.05, 0.1) is 23.3 Å². The molecular weight excluding hydrogens is 444 g/mol. The lowest BCUT2D eigenvalue weighted by Crippen LogP contribution is -2.48. The smallest absolute Gasteiger partial charge is 0.147 e. The fraction of sp³-hybridized carbons (Fsp3) is 0.161. The molecule has 5 heteroatoms. The van der Waals surface area contributed by atoms with Crippen LogP contribution in [0.4, 0.5) is 5.82 Å². The highest BCUT2D eigenvalue weighted by Gasteiger charge is 2.27. The van der Waals surface area contributed by atoms with E-state index >= 15 is 0 Å². The van der Waals surface area contributed by atoms with E-state index in [1.165, 1.54) is 11.1 Å². The number of benzene rings is 4. The quantitative estimate of drug-likeness (QED) is 0.344. The van der Waals surface area contributed by atoms with Crippen LogP contribution in [0, 0.1) is 0 Å². The summed E-state index contributed by atoms with van der Waals surface area (Å²) in [4.78, 5) is 14.6. The lowest BCUT2D eigenvalue weighted by atomic mass is 9.96. The highest BCUT2D eigenvalue weighted by Crippen LogP contribution is 2.31. The fourth-order valence-electron chi connectivity index (χ4n) is 5.08. The van der Waals surface area contributed by atoms with E-state index in [-0.39, 0.29) is 11.8 Å². The Balaban J connectivity index is 1.23. The number of aromatic nitrogens is 2. The van der Waals surface area contributed by atoms with E-state index in [1.807, 2.05) is 24.4 Å². The van der Waals surface area contributed by atoms with Gasteiger partial charge in [-0.05, 0) is 46.5 Å². The van der Waals surface area contributed by atoms with Gasteiger partial charge in [0.15, 0.2) is 0 Å². The Hall–Kier alpha value is -4.22. The second kappa shape index (κ2) is 9.80. The SMILES string of the molecule is Oc1ccc(-c2ccc3ncc(N4CCN(C(c5ccccc5)c5ccccc5)CC4)nc3c2)cc1. The lowest BCUT2D eigenvalue weighted by Gasteiger charge is -2.40. The maximum atomic E-state index is 9.61. The van der Waals surface area contributed by atoms with Gasteiger partial charge in [0.1, 0.15) is 11.6 Å². The molecule has 0 aliphatic carbocycles. The van der Waals surface area contributed by atoms with Crippen LogP contribution in [0.1, 0.15) is 17.2 Å². The first kappa shape index (κ1) is 22.3. The summed E-state index contributed by atoms with van der Waals surface area (Å²) in [5.74, 6) is 1.18. The minimum absolute atomic E-state index is 0.241. The van der Waals surface area contributed by atoms with Crippen LogP contribution < -0.4 is 4.90 Å². The number of fused-ring (bicyclic) bond motifs is 1. The average Bonchev–Trinajstić information content (AvgIpc) is 2.95. The molecule has 178 valence electrons. The first-order valence-electron chi connectivity index (χ1n) is 12.4. The molecule has 0 atom stereocenters. The Morgan fingerprint density at radius 2 is 1.25 bits per heavy atom. The van der Waals surface area contributed by atoms with Crippen molar-refractivity contribution in [2.45, 2.75) is 6.04 Å². The molecule has 5 aromatic rings. The molecule has 2 heterocycles. The van der Waals surface area contributed by atoms with E-state index in [0.29, 0.717) is 0 Å². The van der Waals surface area contributed by atoms with Gasteiger partial charge in [-0.15, -0.1) is 0 Å². The van der Waals surface area contributed by atoms with Gasteiger partial charge in [-0.2, -0.15) is 0 Å². The predicted octanol–water partition coefficient (Wildman–Crippen LogP) is 5.91. The molecule has 4 aromatic carbocycles. The Morgan fingerprint density at radius 1 is 0.639 bits per heavy atom. The Kier molecular flexibility index (Phi) is 6.06. The second-order valence-corrected chi connectivity index (χ2v) is 9.23. The van der Waals surface area contributed by atoms with Crippen molar-refractivity contribution in [3.8, 4) is 16.9 Å². The van der Waals surface area contributed by atoms with E-state index < -0.39 is 0 Å². The van der Waals surface area contributed by atoms with Crippen LogP contribution in [0.3, 0.4) is 0 Å². The number of hydrogen-bond donors (Lipinski definition) is 1. The van der Waals surface area contributed by atoms with Gasteiger partial charge < -0.3 is 10.0 Å². The molecule has 0 spiro atoms. The molecule has 0 bridgehead atoms. The van der Waals surface area contributed by atoms with Crippen molar-refractivity contribution in [1.29, 1.82) is 0 Å². The minimum Gasteiger partial charge on any atom is -0.508 e. The van der Waals surface area contributed by atoms with Crippen molar-refractivity contribution >= 4 is 16.9 Å².